The Balaban J connectivity index is 1.63. The zero-order chi connectivity index (χ0) is 22.2. The van der Waals surface area contributed by atoms with Crippen LogP contribution in [-0.4, -0.2) is 36.8 Å². The SMILES string of the molecule is Cc1ccc(NC(=O)CN2CN(c3ccc(F)cc3)c3ncccc3S2(=O)=O)cc1F. The summed E-state index contributed by atoms with van der Waals surface area (Å²) in [6.45, 7) is 0.897. The number of pyridine rings is 1. The molecular formula is C21H18F2N4O3S. The highest BCUT2D eigenvalue weighted by atomic mass is 32.2. The van der Waals surface area contributed by atoms with Crippen LogP contribution in [0.15, 0.2) is 65.7 Å². The molecule has 160 valence electrons. The molecule has 0 spiro atoms. The first-order valence-electron chi connectivity index (χ1n) is 9.30. The van der Waals surface area contributed by atoms with Crippen LogP contribution in [0, 0.1) is 18.6 Å². The highest BCUT2D eigenvalue weighted by Gasteiger charge is 2.38. The van der Waals surface area contributed by atoms with Crippen LogP contribution in [-0.2, 0) is 14.8 Å². The van der Waals surface area contributed by atoms with Gasteiger partial charge >= 0.3 is 0 Å². The number of sulfonamides is 1. The van der Waals surface area contributed by atoms with Crippen LogP contribution in [0.5, 0.6) is 0 Å². The van der Waals surface area contributed by atoms with E-state index in [9.17, 15) is 22.0 Å². The van der Waals surface area contributed by atoms with Gasteiger partial charge in [-0.05, 0) is 61.0 Å². The standard InChI is InChI=1S/C21H18F2N4O3S/c1-14-4-7-16(11-18(14)23)25-20(28)12-26-13-27(17-8-5-15(22)6-9-17)21-19(31(26,29)30)3-2-10-24-21/h2-11H,12-13H2,1H3,(H,25,28). The number of hydrogen-bond donors (Lipinski definition) is 1. The van der Waals surface area contributed by atoms with E-state index < -0.39 is 34.1 Å². The Morgan fingerprint density at radius 3 is 2.58 bits per heavy atom. The molecule has 0 saturated carbocycles. The average molecular weight is 444 g/mol. The van der Waals surface area contributed by atoms with E-state index in [-0.39, 0.29) is 23.1 Å². The van der Waals surface area contributed by atoms with E-state index in [1.54, 1.807) is 11.8 Å². The molecule has 1 aromatic heterocycles. The van der Waals surface area contributed by atoms with Crippen molar-refractivity contribution < 1.29 is 22.0 Å². The minimum Gasteiger partial charge on any atom is -0.325 e. The van der Waals surface area contributed by atoms with Crippen molar-refractivity contribution in [3.63, 3.8) is 0 Å². The molecule has 3 aromatic rings. The Bertz CT molecular complexity index is 1250. The Morgan fingerprint density at radius 2 is 1.87 bits per heavy atom. The van der Waals surface area contributed by atoms with Crippen LogP contribution >= 0.6 is 0 Å². The maximum absolute atomic E-state index is 13.7. The Kier molecular flexibility index (Phi) is 5.42. The van der Waals surface area contributed by atoms with E-state index >= 15 is 0 Å². The summed E-state index contributed by atoms with van der Waals surface area (Å²) in [6, 6.07) is 12.6. The smallest absolute Gasteiger partial charge is 0.248 e. The highest BCUT2D eigenvalue weighted by molar-refractivity contribution is 7.89. The van der Waals surface area contributed by atoms with Crippen molar-refractivity contribution in [3.8, 4) is 0 Å². The number of halogens is 2. The molecule has 2 heterocycles. The highest BCUT2D eigenvalue weighted by Crippen LogP contribution is 2.36. The monoisotopic (exact) mass is 444 g/mol. The second kappa shape index (κ2) is 8.05. The fraction of sp³-hybridized carbons (Fsp3) is 0.143. The summed E-state index contributed by atoms with van der Waals surface area (Å²) in [7, 11) is -4.01. The van der Waals surface area contributed by atoms with Crippen LogP contribution in [0.2, 0.25) is 0 Å². The largest absolute Gasteiger partial charge is 0.325 e. The van der Waals surface area contributed by atoms with Crippen molar-refractivity contribution in [2.75, 3.05) is 23.4 Å². The van der Waals surface area contributed by atoms with E-state index in [0.717, 1.165) is 4.31 Å². The van der Waals surface area contributed by atoms with Crippen molar-refractivity contribution in [2.24, 2.45) is 0 Å². The molecule has 0 atom stereocenters. The summed E-state index contributed by atoms with van der Waals surface area (Å²) < 4.78 is 54.3. The molecule has 1 aliphatic rings. The van der Waals surface area contributed by atoms with Crippen molar-refractivity contribution in [1.82, 2.24) is 9.29 Å². The lowest BCUT2D eigenvalue weighted by Crippen LogP contribution is -2.47. The van der Waals surface area contributed by atoms with Gasteiger partial charge in [0.25, 0.3) is 0 Å². The average Bonchev–Trinajstić information content (AvgIpc) is 2.74. The van der Waals surface area contributed by atoms with Crippen molar-refractivity contribution in [3.05, 3.63) is 78.0 Å². The molecule has 1 amide bonds. The summed E-state index contributed by atoms with van der Waals surface area (Å²) >= 11 is 0. The first-order valence-corrected chi connectivity index (χ1v) is 10.7. The predicted octanol–water partition coefficient (Wildman–Crippen LogP) is 3.41. The number of rotatable bonds is 4. The quantitative estimate of drug-likeness (QED) is 0.667. The molecule has 0 fully saturated rings. The number of carbonyl (C=O) groups excluding carboxylic acids is 1. The van der Waals surface area contributed by atoms with E-state index in [1.807, 2.05) is 0 Å². The maximum atomic E-state index is 13.7. The third-order valence-corrected chi connectivity index (χ3v) is 6.64. The molecular weight excluding hydrogens is 426 g/mol. The first kappa shape index (κ1) is 20.9. The van der Waals surface area contributed by atoms with Gasteiger partial charge in [-0.1, -0.05) is 6.07 Å². The van der Waals surface area contributed by atoms with Crippen LogP contribution < -0.4 is 10.2 Å². The zero-order valence-corrected chi connectivity index (χ0v) is 17.2. The maximum Gasteiger partial charge on any atom is 0.248 e. The number of benzene rings is 2. The zero-order valence-electron chi connectivity index (χ0n) is 16.4. The summed E-state index contributed by atoms with van der Waals surface area (Å²) in [5, 5.41) is 2.51. The second-order valence-corrected chi connectivity index (χ2v) is 8.90. The molecule has 1 aliphatic heterocycles. The number of aromatic nitrogens is 1. The number of nitrogens with one attached hydrogen (secondary N) is 1. The Hall–Kier alpha value is -3.37. The van der Waals surface area contributed by atoms with Crippen LogP contribution in [0.25, 0.3) is 0 Å². The lowest BCUT2D eigenvalue weighted by molar-refractivity contribution is -0.116. The van der Waals surface area contributed by atoms with Crippen LogP contribution in [0.3, 0.4) is 0 Å². The van der Waals surface area contributed by atoms with E-state index in [1.165, 1.54) is 60.8 Å². The lowest BCUT2D eigenvalue weighted by atomic mass is 10.2. The predicted molar refractivity (Wildman–Crippen MR) is 111 cm³/mol. The number of fused-ring (bicyclic) bond motifs is 1. The first-order chi connectivity index (χ1) is 14.8. The van der Waals surface area contributed by atoms with Gasteiger partial charge in [0.15, 0.2) is 5.82 Å². The molecule has 0 radical (unpaired) electrons. The van der Waals surface area contributed by atoms with E-state index in [4.69, 9.17) is 0 Å². The van der Waals surface area contributed by atoms with Crippen LogP contribution in [0.4, 0.5) is 26.0 Å². The van der Waals surface area contributed by atoms with Gasteiger partial charge in [0.2, 0.25) is 15.9 Å². The summed E-state index contributed by atoms with van der Waals surface area (Å²) in [5.41, 5.74) is 1.16. The fourth-order valence-electron chi connectivity index (χ4n) is 3.22. The number of aryl methyl sites for hydroxylation is 1. The number of nitrogens with zero attached hydrogens (tertiary/aromatic N) is 3. The van der Waals surface area contributed by atoms with Crippen molar-refractivity contribution in [2.45, 2.75) is 11.8 Å². The van der Waals surface area contributed by atoms with Gasteiger partial charge in [0.1, 0.15) is 16.5 Å². The molecule has 1 N–H and O–H groups in total. The number of anilines is 3. The fourth-order valence-corrected chi connectivity index (χ4v) is 4.69. The van der Waals surface area contributed by atoms with Gasteiger partial charge in [-0.15, -0.1) is 0 Å². The molecule has 0 aliphatic carbocycles. The number of hydrogen-bond acceptors (Lipinski definition) is 5. The van der Waals surface area contributed by atoms with Gasteiger partial charge in [0, 0.05) is 17.6 Å². The normalized spacial score (nSPS) is 15.4. The molecule has 7 nitrogen and oxygen atoms in total. The van der Waals surface area contributed by atoms with E-state index in [2.05, 4.69) is 10.3 Å². The van der Waals surface area contributed by atoms with Gasteiger partial charge < -0.3 is 10.2 Å². The third-order valence-electron chi connectivity index (χ3n) is 4.84. The second-order valence-electron chi connectivity index (χ2n) is 7.00. The molecule has 31 heavy (non-hydrogen) atoms. The molecule has 4 rings (SSSR count). The van der Waals surface area contributed by atoms with Gasteiger partial charge in [-0.25, -0.2) is 22.2 Å². The summed E-state index contributed by atoms with van der Waals surface area (Å²) in [5.74, 6) is -1.35. The lowest BCUT2D eigenvalue weighted by Gasteiger charge is -2.36. The van der Waals surface area contributed by atoms with Gasteiger partial charge in [-0.3, -0.25) is 4.79 Å². The van der Waals surface area contributed by atoms with Gasteiger partial charge in [-0.2, -0.15) is 4.31 Å². The van der Waals surface area contributed by atoms with Crippen molar-refractivity contribution in [1.29, 1.82) is 0 Å². The molecule has 0 unspecified atom stereocenters. The topological polar surface area (TPSA) is 82.6 Å². The third kappa shape index (κ3) is 4.12. The summed E-state index contributed by atoms with van der Waals surface area (Å²) in [6.07, 6.45) is 1.46. The van der Waals surface area contributed by atoms with Gasteiger partial charge in [0.05, 0.1) is 13.2 Å². The Morgan fingerprint density at radius 1 is 1.13 bits per heavy atom. The molecule has 2 aromatic carbocycles. The molecule has 0 saturated heterocycles. The Labute approximate surface area is 178 Å². The summed E-state index contributed by atoms with van der Waals surface area (Å²) in [4.78, 5) is 18.2. The minimum atomic E-state index is -4.01. The van der Waals surface area contributed by atoms with E-state index in [0.29, 0.717) is 11.3 Å². The van der Waals surface area contributed by atoms with Crippen molar-refractivity contribution >= 4 is 33.1 Å². The van der Waals surface area contributed by atoms with Crippen LogP contribution in [0.1, 0.15) is 5.56 Å². The molecule has 10 heteroatoms. The number of amides is 1. The molecule has 0 bridgehead atoms. The number of carbonyl (C=O) groups is 1. The minimum absolute atomic E-state index is 0.0697.